The van der Waals surface area contributed by atoms with Crippen molar-refractivity contribution in [2.45, 2.75) is 24.9 Å². The number of pyridine rings is 1. The first-order chi connectivity index (χ1) is 9.69. The summed E-state index contributed by atoms with van der Waals surface area (Å²) in [6, 6.07) is 4.57. The first-order valence-electron chi connectivity index (χ1n) is 6.87. The number of carbonyl (C=O) groups excluding carboxylic acids is 1. The maximum absolute atomic E-state index is 12.3. The Morgan fingerprint density at radius 2 is 2.40 bits per heavy atom. The molecule has 104 valence electrons. The average Bonchev–Trinajstić information content (AvgIpc) is 3.10. The monoisotopic (exact) mass is 334 g/mol. The van der Waals surface area contributed by atoms with E-state index in [0.29, 0.717) is 23.6 Å². The molecule has 2 aromatic heterocycles. The molecular formula is C14H15BrN4O. The van der Waals surface area contributed by atoms with Gasteiger partial charge in [-0.05, 0) is 46.8 Å². The van der Waals surface area contributed by atoms with E-state index in [1.807, 2.05) is 28.9 Å². The van der Waals surface area contributed by atoms with Crippen LogP contribution in [-0.2, 0) is 0 Å². The van der Waals surface area contributed by atoms with E-state index >= 15 is 0 Å². The number of halogens is 1. The highest BCUT2D eigenvalue weighted by Gasteiger charge is 2.40. The van der Waals surface area contributed by atoms with Gasteiger partial charge in [-0.25, -0.2) is 4.98 Å². The number of carbonyl (C=O) groups is 1. The summed E-state index contributed by atoms with van der Waals surface area (Å²) in [7, 11) is 0. The second-order valence-corrected chi connectivity index (χ2v) is 6.47. The first-order valence-corrected chi connectivity index (χ1v) is 7.67. The quantitative estimate of drug-likeness (QED) is 0.876. The van der Waals surface area contributed by atoms with Gasteiger partial charge < -0.3 is 15.0 Å². The van der Waals surface area contributed by atoms with Gasteiger partial charge in [-0.15, -0.1) is 0 Å². The van der Waals surface area contributed by atoms with Gasteiger partial charge in [0.15, 0.2) is 0 Å². The Morgan fingerprint density at radius 3 is 3.15 bits per heavy atom. The van der Waals surface area contributed by atoms with E-state index in [4.69, 9.17) is 0 Å². The smallest absolute Gasteiger partial charge is 0.251 e. The summed E-state index contributed by atoms with van der Waals surface area (Å²) in [5.41, 5.74) is 1.45. The lowest BCUT2D eigenvalue weighted by molar-refractivity contribution is 0.0925. The molecular weight excluding hydrogens is 320 g/mol. The van der Waals surface area contributed by atoms with Gasteiger partial charge in [0, 0.05) is 36.6 Å². The Morgan fingerprint density at radius 1 is 1.50 bits per heavy atom. The molecule has 0 spiro atoms. The van der Waals surface area contributed by atoms with Gasteiger partial charge in [0.05, 0.1) is 0 Å². The predicted molar refractivity (Wildman–Crippen MR) is 78.7 cm³/mol. The summed E-state index contributed by atoms with van der Waals surface area (Å²) in [6.45, 7) is 1.03. The third kappa shape index (κ3) is 2.03. The number of amides is 1. The average molecular weight is 335 g/mol. The standard InChI is InChI=1S/C14H15BrN4O/c15-12-7-19-2-1-8(4-13(19)18-12)14(20)17-11-5-10-3-9(11)6-16-10/h1-2,4,7,9-11,16H,3,5-6H2,(H,17,20). The fourth-order valence-corrected chi connectivity index (χ4v) is 3.76. The molecule has 2 bridgehead atoms. The molecule has 3 unspecified atom stereocenters. The van der Waals surface area contributed by atoms with Crippen molar-refractivity contribution in [1.82, 2.24) is 20.0 Å². The zero-order valence-corrected chi connectivity index (χ0v) is 12.4. The molecule has 1 aliphatic carbocycles. The van der Waals surface area contributed by atoms with Gasteiger partial charge in [0.1, 0.15) is 10.3 Å². The van der Waals surface area contributed by atoms with Crippen molar-refractivity contribution < 1.29 is 4.79 Å². The number of hydrogen-bond acceptors (Lipinski definition) is 3. The third-order valence-electron chi connectivity index (χ3n) is 4.37. The number of aromatic nitrogens is 2. The first kappa shape index (κ1) is 12.3. The molecule has 0 aromatic carbocycles. The van der Waals surface area contributed by atoms with E-state index in [1.165, 1.54) is 6.42 Å². The van der Waals surface area contributed by atoms with Gasteiger partial charge in [-0.1, -0.05) is 0 Å². The van der Waals surface area contributed by atoms with Crippen molar-refractivity contribution in [1.29, 1.82) is 0 Å². The second kappa shape index (κ2) is 4.56. The predicted octanol–water partition coefficient (Wildman–Crippen LogP) is 1.58. The van der Waals surface area contributed by atoms with Crippen LogP contribution in [0.4, 0.5) is 0 Å². The van der Waals surface area contributed by atoms with Crippen LogP contribution in [-0.4, -0.2) is 33.9 Å². The highest BCUT2D eigenvalue weighted by atomic mass is 79.9. The topological polar surface area (TPSA) is 58.4 Å². The van der Waals surface area contributed by atoms with E-state index in [-0.39, 0.29) is 5.91 Å². The lowest BCUT2D eigenvalue weighted by Crippen LogP contribution is -2.44. The molecule has 2 aliphatic rings. The summed E-state index contributed by atoms with van der Waals surface area (Å²) in [6.07, 6.45) is 5.98. The molecule has 5 nitrogen and oxygen atoms in total. The number of piperidine rings is 1. The lowest BCUT2D eigenvalue weighted by Gasteiger charge is -2.23. The summed E-state index contributed by atoms with van der Waals surface area (Å²) in [5, 5.41) is 6.63. The van der Waals surface area contributed by atoms with Gasteiger partial charge >= 0.3 is 0 Å². The van der Waals surface area contributed by atoms with E-state index in [0.717, 1.165) is 23.2 Å². The Balaban J connectivity index is 1.54. The van der Waals surface area contributed by atoms with Gasteiger partial charge in [-0.2, -0.15) is 0 Å². The Hall–Kier alpha value is -1.40. The van der Waals surface area contributed by atoms with Crippen LogP contribution >= 0.6 is 15.9 Å². The van der Waals surface area contributed by atoms with Crippen LogP contribution in [0.25, 0.3) is 5.65 Å². The minimum Gasteiger partial charge on any atom is -0.349 e. The van der Waals surface area contributed by atoms with Crippen LogP contribution in [0.1, 0.15) is 23.2 Å². The van der Waals surface area contributed by atoms with Crippen molar-refractivity contribution in [3.8, 4) is 0 Å². The van der Waals surface area contributed by atoms with E-state index in [1.54, 1.807) is 0 Å². The molecule has 3 atom stereocenters. The molecule has 6 heteroatoms. The van der Waals surface area contributed by atoms with E-state index in [2.05, 4.69) is 31.5 Å². The molecule has 1 amide bonds. The van der Waals surface area contributed by atoms with Gasteiger partial charge in [0.2, 0.25) is 0 Å². The Bertz CT molecular complexity index is 683. The third-order valence-corrected chi connectivity index (χ3v) is 4.76. The summed E-state index contributed by atoms with van der Waals surface area (Å²) in [4.78, 5) is 16.7. The zero-order valence-electron chi connectivity index (χ0n) is 10.8. The number of nitrogens with zero attached hydrogens (tertiary/aromatic N) is 2. The van der Waals surface area contributed by atoms with Crippen LogP contribution < -0.4 is 10.6 Å². The number of imidazole rings is 1. The van der Waals surface area contributed by atoms with Crippen molar-refractivity contribution in [2.75, 3.05) is 6.54 Å². The molecule has 2 fully saturated rings. The highest BCUT2D eigenvalue weighted by Crippen LogP contribution is 2.31. The van der Waals surface area contributed by atoms with E-state index < -0.39 is 0 Å². The highest BCUT2D eigenvalue weighted by molar-refractivity contribution is 9.10. The largest absolute Gasteiger partial charge is 0.349 e. The summed E-state index contributed by atoms with van der Waals surface area (Å²) >= 11 is 3.34. The molecule has 2 aromatic rings. The van der Waals surface area contributed by atoms with E-state index in [9.17, 15) is 4.79 Å². The lowest BCUT2D eigenvalue weighted by atomic mass is 10.0. The number of hydrogen-bond donors (Lipinski definition) is 2. The maximum atomic E-state index is 12.3. The molecule has 0 radical (unpaired) electrons. The van der Waals surface area contributed by atoms with Crippen LogP contribution in [0.3, 0.4) is 0 Å². The molecule has 20 heavy (non-hydrogen) atoms. The molecule has 1 aliphatic heterocycles. The van der Waals surface area contributed by atoms with Crippen molar-refractivity contribution >= 4 is 27.5 Å². The molecule has 1 saturated carbocycles. The molecule has 4 rings (SSSR count). The SMILES string of the molecule is O=C(NC1CC2CC1CN2)c1ccn2cc(Br)nc2c1. The van der Waals surface area contributed by atoms with Crippen molar-refractivity contribution in [3.05, 3.63) is 34.7 Å². The minimum absolute atomic E-state index is 0.00386. The van der Waals surface area contributed by atoms with Crippen LogP contribution in [0, 0.1) is 5.92 Å². The van der Waals surface area contributed by atoms with Gasteiger partial charge in [-0.3, -0.25) is 4.79 Å². The number of nitrogens with one attached hydrogen (secondary N) is 2. The Labute approximate surface area is 124 Å². The number of rotatable bonds is 2. The molecule has 2 N–H and O–H groups in total. The molecule has 1 saturated heterocycles. The Kier molecular flexibility index (Phi) is 2.82. The van der Waals surface area contributed by atoms with Crippen molar-refractivity contribution in [2.24, 2.45) is 5.92 Å². The normalized spacial score (nSPS) is 28.1. The van der Waals surface area contributed by atoms with Crippen molar-refractivity contribution in [3.63, 3.8) is 0 Å². The van der Waals surface area contributed by atoms with Crippen LogP contribution in [0.2, 0.25) is 0 Å². The summed E-state index contributed by atoms with van der Waals surface area (Å²) < 4.78 is 2.66. The van der Waals surface area contributed by atoms with Crippen LogP contribution in [0.15, 0.2) is 29.1 Å². The maximum Gasteiger partial charge on any atom is 0.251 e. The number of fused-ring (bicyclic) bond motifs is 3. The van der Waals surface area contributed by atoms with Crippen LogP contribution in [0.5, 0.6) is 0 Å². The fraction of sp³-hybridized carbons (Fsp3) is 0.429. The fourth-order valence-electron chi connectivity index (χ4n) is 3.36. The van der Waals surface area contributed by atoms with Gasteiger partial charge in [0.25, 0.3) is 5.91 Å². The zero-order chi connectivity index (χ0) is 13.7. The summed E-state index contributed by atoms with van der Waals surface area (Å²) in [5.74, 6) is 0.595. The minimum atomic E-state index is 0.00386. The molecule has 3 heterocycles. The second-order valence-electron chi connectivity index (χ2n) is 5.66.